The van der Waals surface area contributed by atoms with E-state index in [1.165, 1.54) is 29.5 Å². The quantitative estimate of drug-likeness (QED) is 0.310. The number of hydrogen-bond donors (Lipinski definition) is 1. The van der Waals surface area contributed by atoms with Crippen LogP contribution in [0.15, 0.2) is 47.6 Å². The number of carbonyl (C=O) groups is 1. The highest BCUT2D eigenvalue weighted by molar-refractivity contribution is 7.99. The maximum Gasteiger partial charge on any atom is 0.234 e. The first-order valence-corrected chi connectivity index (χ1v) is 12.6. The van der Waals surface area contributed by atoms with Gasteiger partial charge in [-0.3, -0.25) is 4.79 Å². The van der Waals surface area contributed by atoms with Crippen molar-refractivity contribution < 1.29 is 13.9 Å². The molecule has 0 aliphatic carbocycles. The lowest BCUT2D eigenvalue weighted by Crippen LogP contribution is -2.17. The van der Waals surface area contributed by atoms with Gasteiger partial charge in [-0.1, -0.05) is 63.2 Å². The van der Waals surface area contributed by atoms with E-state index < -0.39 is 5.82 Å². The number of thioether (sulfide) groups is 1. The minimum absolute atomic E-state index is 0.107. The van der Waals surface area contributed by atoms with E-state index in [1.807, 2.05) is 23.6 Å². The lowest BCUT2D eigenvalue weighted by atomic mass is 10.0. The number of nitrogens with zero attached hydrogens (tertiary/aromatic N) is 3. The lowest BCUT2D eigenvalue weighted by molar-refractivity contribution is -0.113. The Labute approximate surface area is 209 Å². The Hall–Kier alpha value is -2.58. The number of hydrogen-bond acceptors (Lipinski definition) is 5. The molecule has 3 aromatic rings. The van der Waals surface area contributed by atoms with E-state index in [4.69, 9.17) is 16.3 Å². The first-order valence-electron chi connectivity index (χ1n) is 11.2. The third kappa shape index (κ3) is 6.96. The van der Waals surface area contributed by atoms with E-state index in [-0.39, 0.29) is 22.8 Å². The normalized spacial score (nSPS) is 12.3. The van der Waals surface area contributed by atoms with Crippen LogP contribution in [0.1, 0.15) is 58.0 Å². The summed E-state index contributed by atoms with van der Waals surface area (Å²) in [6.45, 7) is 11.2. The van der Waals surface area contributed by atoms with Crippen molar-refractivity contribution >= 4 is 35.0 Å². The van der Waals surface area contributed by atoms with Gasteiger partial charge >= 0.3 is 0 Å². The van der Waals surface area contributed by atoms with Crippen LogP contribution < -0.4 is 10.1 Å². The summed E-state index contributed by atoms with van der Waals surface area (Å²) in [5.74, 6) is 1.64. The number of amides is 1. The van der Waals surface area contributed by atoms with E-state index >= 15 is 0 Å². The molecule has 1 N–H and O–H groups in total. The summed E-state index contributed by atoms with van der Waals surface area (Å²) in [6.07, 6.45) is -0.322. The maximum absolute atomic E-state index is 13.2. The summed E-state index contributed by atoms with van der Waals surface area (Å²) in [5.41, 5.74) is 1.62. The average molecular weight is 505 g/mol. The largest absolute Gasteiger partial charge is 0.483 e. The molecule has 0 radical (unpaired) electrons. The predicted octanol–water partition coefficient (Wildman–Crippen LogP) is 6.72. The van der Waals surface area contributed by atoms with Crippen molar-refractivity contribution in [3.63, 3.8) is 0 Å². The van der Waals surface area contributed by atoms with Gasteiger partial charge in [0.25, 0.3) is 0 Å². The molecule has 1 atom stereocenters. The van der Waals surface area contributed by atoms with E-state index in [9.17, 15) is 9.18 Å². The van der Waals surface area contributed by atoms with E-state index in [0.717, 1.165) is 11.8 Å². The highest BCUT2D eigenvalue weighted by Crippen LogP contribution is 2.27. The summed E-state index contributed by atoms with van der Waals surface area (Å²) in [6, 6.07) is 11.9. The Kier molecular flexibility index (Phi) is 8.97. The second-order valence-corrected chi connectivity index (χ2v) is 10.1. The number of nitrogens with one attached hydrogen (secondary N) is 1. The van der Waals surface area contributed by atoms with Gasteiger partial charge in [0.05, 0.1) is 16.5 Å². The molecule has 182 valence electrons. The van der Waals surface area contributed by atoms with Crippen LogP contribution in [0.25, 0.3) is 0 Å². The van der Waals surface area contributed by atoms with Gasteiger partial charge in [-0.25, -0.2) is 4.39 Å². The molecule has 0 spiro atoms. The van der Waals surface area contributed by atoms with Crippen LogP contribution in [0.4, 0.5) is 10.1 Å². The Morgan fingerprint density at radius 2 is 1.82 bits per heavy atom. The molecule has 1 amide bonds. The van der Waals surface area contributed by atoms with Crippen LogP contribution in [0, 0.1) is 11.7 Å². The zero-order chi connectivity index (χ0) is 24.8. The van der Waals surface area contributed by atoms with Crippen molar-refractivity contribution in [3.05, 3.63) is 64.7 Å². The van der Waals surface area contributed by atoms with Gasteiger partial charge in [0.15, 0.2) is 17.1 Å². The SMILES string of the molecule is CC(C)Cn1c(SCC(=O)Nc2ccc(F)cc2Cl)nnc1C(C)Oc1ccc(C(C)C)cc1. The van der Waals surface area contributed by atoms with Gasteiger partial charge in [0.1, 0.15) is 11.6 Å². The van der Waals surface area contributed by atoms with Crippen LogP contribution >= 0.6 is 23.4 Å². The van der Waals surface area contributed by atoms with E-state index in [2.05, 4.69) is 55.3 Å². The standard InChI is InChI=1S/C25H30ClFN4O2S/c1-15(2)13-31-24(17(5)33-20-9-6-18(7-10-20)16(3)4)29-30-25(31)34-14-23(32)28-22-11-8-19(27)12-21(22)26/h6-12,15-17H,13-14H2,1-5H3,(H,28,32). The molecule has 2 aromatic carbocycles. The van der Waals surface area contributed by atoms with Crippen LogP contribution in [-0.4, -0.2) is 26.4 Å². The molecular weight excluding hydrogens is 475 g/mol. The molecule has 1 unspecified atom stereocenters. The van der Waals surface area contributed by atoms with Crippen LogP contribution in [-0.2, 0) is 11.3 Å². The summed E-state index contributed by atoms with van der Waals surface area (Å²) < 4.78 is 21.4. The molecule has 6 nitrogen and oxygen atoms in total. The van der Waals surface area contributed by atoms with E-state index in [1.54, 1.807) is 0 Å². The molecule has 3 rings (SSSR count). The summed E-state index contributed by atoms with van der Waals surface area (Å²) >= 11 is 7.28. The first-order chi connectivity index (χ1) is 16.1. The third-order valence-corrected chi connectivity index (χ3v) is 6.33. The number of anilines is 1. The molecule has 9 heteroatoms. The second kappa shape index (κ2) is 11.7. The van der Waals surface area contributed by atoms with Crippen LogP contribution in [0.2, 0.25) is 5.02 Å². The molecule has 0 bridgehead atoms. The molecule has 1 aromatic heterocycles. The molecule has 0 saturated carbocycles. The predicted molar refractivity (Wildman–Crippen MR) is 135 cm³/mol. The van der Waals surface area contributed by atoms with Gasteiger partial charge in [0.2, 0.25) is 5.91 Å². The smallest absolute Gasteiger partial charge is 0.234 e. The summed E-state index contributed by atoms with van der Waals surface area (Å²) in [7, 11) is 0. The number of carbonyl (C=O) groups excluding carboxylic acids is 1. The van der Waals surface area contributed by atoms with Crippen LogP contribution in [0.5, 0.6) is 5.75 Å². The summed E-state index contributed by atoms with van der Waals surface area (Å²) in [4.78, 5) is 12.4. The van der Waals surface area contributed by atoms with Gasteiger partial charge in [-0.2, -0.15) is 0 Å². The minimum atomic E-state index is -0.459. The number of ether oxygens (including phenoxy) is 1. The van der Waals surface area contributed by atoms with Crippen molar-refractivity contribution in [2.45, 2.75) is 58.3 Å². The highest BCUT2D eigenvalue weighted by atomic mass is 35.5. The van der Waals surface area contributed by atoms with Gasteiger partial charge in [-0.15, -0.1) is 10.2 Å². The van der Waals surface area contributed by atoms with Crippen LogP contribution in [0.3, 0.4) is 0 Å². The van der Waals surface area contributed by atoms with Gasteiger partial charge in [-0.05, 0) is 54.7 Å². The number of aromatic nitrogens is 3. The molecule has 0 fully saturated rings. The first kappa shape index (κ1) is 26.0. The third-order valence-electron chi connectivity index (χ3n) is 5.05. The maximum atomic E-state index is 13.2. The van der Waals surface area contributed by atoms with Crippen molar-refractivity contribution in [1.29, 1.82) is 0 Å². The summed E-state index contributed by atoms with van der Waals surface area (Å²) in [5, 5.41) is 12.2. The fourth-order valence-electron chi connectivity index (χ4n) is 3.34. The molecule has 1 heterocycles. The van der Waals surface area contributed by atoms with Crippen molar-refractivity contribution in [3.8, 4) is 5.75 Å². The Morgan fingerprint density at radius 1 is 1.12 bits per heavy atom. The second-order valence-electron chi connectivity index (χ2n) is 8.79. The van der Waals surface area contributed by atoms with Crippen molar-refractivity contribution in [2.24, 2.45) is 5.92 Å². The van der Waals surface area contributed by atoms with Gasteiger partial charge < -0.3 is 14.6 Å². The number of rotatable bonds is 10. The fraction of sp³-hybridized carbons (Fsp3) is 0.400. The minimum Gasteiger partial charge on any atom is -0.483 e. The molecule has 0 aliphatic heterocycles. The lowest BCUT2D eigenvalue weighted by Gasteiger charge is -2.18. The monoisotopic (exact) mass is 504 g/mol. The topological polar surface area (TPSA) is 69.0 Å². The van der Waals surface area contributed by atoms with Gasteiger partial charge in [0, 0.05) is 6.54 Å². The van der Waals surface area contributed by atoms with Crippen molar-refractivity contribution in [1.82, 2.24) is 14.8 Å². The average Bonchev–Trinajstić information content (AvgIpc) is 3.16. The van der Waals surface area contributed by atoms with E-state index in [0.29, 0.717) is 35.0 Å². The number of halogens is 2. The molecule has 0 aliphatic rings. The highest BCUT2D eigenvalue weighted by Gasteiger charge is 2.21. The van der Waals surface area contributed by atoms with Crippen molar-refractivity contribution in [2.75, 3.05) is 11.1 Å². The zero-order valence-corrected chi connectivity index (χ0v) is 21.6. The molecular formula is C25H30ClFN4O2S. The Bertz CT molecular complexity index is 1120. The Balaban J connectivity index is 1.69. The molecule has 34 heavy (non-hydrogen) atoms. The molecule has 0 saturated heterocycles. The Morgan fingerprint density at radius 3 is 2.44 bits per heavy atom. The number of benzene rings is 2. The zero-order valence-electron chi connectivity index (χ0n) is 20.0. The fourth-order valence-corrected chi connectivity index (χ4v) is 4.31.